The smallest absolute Gasteiger partial charge is 0.325 e. The van der Waals surface area contributed by atoms with Gasteiger partial charge in [-0.3, -0.25) is 9.59 Å². The summed E-state index contributed by atoms with van der Waals surface area (Å²) in [7, 11) is 0. The Kier molecular flexibility index (Phi) is 7.05. The summed E-state index contributed by atoms with van der Waals surface area (Å²) >= 11 is 1.48. The quantitative estimate of drug-likeness (QED) is 0.383. The van der Waals surface area contributed by atoms with Gasteiger partial charge in [0.15, 0.2) is 11.6 Å². The maximum absolute atomic E-state index is 12.0. The maximum Gasteiger partial charge on any atom is 0.325 e. The molecule has 1 fully saturated rings. The number of aromatic nitrogens is 4. The van der Waals surface area contributed by atoms with Gasteiger partial charge < -0.3 is 25.4 Å². The Labute approximate surface area is 193 Å². The van der Waals surface area contributed by atoms with Crippen LogP contribution < -0.4 is 16.0 Å². The molecule has 1 aliphatic heterocycles. The van der Waals surface area contributed by atoms with E-state index in [1.54, 1.807) is 25.4 Å². The van der Waals surface area contributed by atoms with Gasteiger partial charge in [0.1, 0.15) is 6.54 Å². The minimum atomic E-state index is -0.481. The normalized spacial score (nSPS) is 14.0. The molecule has 12 heteroatoms. The number of nitrogens with two attached hydrogens (primary N) is 1. The Morgan fingerprint density at radius 2 is 2.03 bits per heavy atom. The molecule has 1 amide bonds. The molecule has 11 nitrogen and oxygen atoms in total. The predicted molar refractivity (Wildman–Crippen MR) is 125 cm³/mol. The van der Waals surface area contributed by atoms with E-state index < -0.39 is 5.97 Å². The SMILES string of the molecule is CCOC(=O)CNC(=O)/C=C/c1cc2nc(-c3cnc(N)nc3)nc(N3CCOCC3)c2s1. The van der Waals surface area contributed by atoms with E-state index in [1.165, 1.54) is 17.4 Å². The first-order valence-electron chi connectivity index (χ1n) is 10.4. The molecule has 1 aliphatic rings. The van der Waals surface area contributed by atoms with Crippen molar-refractivity contribution < 1.29 is 19.1 Å². The van der Waals surface area contributed by atoms with E-state index in [0.29, 0.717) is 37.7 Å². The first-order valence-corrected chi connectivity index (χ1v) is 11.2. The second-order valence-corrected chi connectivity index (χ2v) is 8.10. The van der Waals surface area contributed by atoms with E-state index in [2.05, 4.69) is 25.2 Å². The van der Waals surface area contributed by atoms with Gasteiger partial charge >= 0.3 is 5.97 Å². The van der Waals surface area contributed by atoms with Gasteiger partial charge in [0.05, 0.1) is 35.6 Å². The fourth-order valence-corrected chi connectivity index (χ4v) is 4.19. The molecule has 3 aromatic heterocycles. The average molecular weight is 470 g/mol. The summed E-state index contributed by atoms with van der Waals surface area (Å²) in [6, 6.07) is 1.89. The molecular weight excluding hydrogens is 446 g/mol. The Balaban J connectivity index is 1.62. The van der Waals surface area contributed by atoms with Crippen molar-refractivity contribution in [3.05, 3.63) is 29.4 Å². The third-order valence-corrected chi connectivity index (χ3v) is 5.81. The number of hydrogen-bond donors (Lipinski definition) is 2. The molecule has 0 bridgehead atoms. The zero-order valence-corrected chi connectivity index (χ0v) is 18.8. The lowest BCUT2D eigenvalue weighted by Gasteiger charge is -2.28. The van der Waals surface area contributed by atoms with Crippen molar-refractivity contribution >= 4 is 51.3 Å². The van der Waals surface area contributed by atoms with Crippen LogP contribution in [-0.4, -0.2) is 71.3 Å². The summed E-state index contributed by atoms with van der Waals surface area (Å²) in [5.74, 6) is 0.596. The molecule has 0 aliphatic carbocycles. The van der Waals surface area contributed by atoms with Gasteiger partial charge in [0.25, 0.3) is 0 Å². The molecule has 1 saturated heterocycles. The zero-order chi connectivity index (χ0) is 23.2. The number of morpholine rings is 1. The largest absolute Gasteiger partial charge is 0.465 e. The number of amides is 1. The number of nitrogen functional groups attached to an aromatic ring is 1. The van der Waals surface area contributed by atoms with Crippen molar-refractivity contribution in [2.24, 2.45) is 0 Å². The molecule has 3 N–H and O–H groups in total. The van der Waals surface area contributed by atoms with Gasteiger partial charge in [-0.1, -0.05) is 0 Å². The molecule has 172 valence electrons. The second-order valence-electron chi connectivity index (χ2n) is 7.02. The fourth-order valence-electron chi connectivity index (χ4n) is 3.18. The maximum atomic E-state index is 12.0. The molecule has 0 saturated carbocycles. The predicted octanol–water partition coefficient (Wildman–Crippen LogP) is 1.26. The number of rotatable bonds is 7. The summed E-state index contributed by atoms with van der Waals surface area (Å²) in [5.41, 5.74) is 7.01. The number of thiophene rings is 1. The number of esters is 1. The number of nitrogens with one attached hydrogen (secondary N) is 1. The third kappa shape index (κ3) is 5.59. The number of anilines is 2. The highest BCUT2D eigenvalue weighted by Gasteiger charge is 2.20. The van der Waals surface area contributed by atoms with Gasteiger partial charge in [-0.2, -0.15) is 0 Å². The van der Waals surface area contributed by atoms with Crippen LogP contribution in [0.5, 0.6) is 0 Å². The second kappa shape index (κ2) is 10.3. The lowest BCUT2D eigenvalue weighted by atomic mass is 10.3. The standard InChI is InChI=1S/C21H23N7O4S/c1-2-32-17(30)12-23-16(29)4-3-14-9-15-18(33-14)20(28-5-7-31-8-6-28)27-19(26-15)13-10-24-21(22)25-11-13/h3-4,9-11H,2,5-8,12H2,1H3,(H,23,29)(H2,22,24,25)/b4-3+. The number of carbonyl (C=O) groups is 2. The first-order chi connectivity index (χ1) is 16.0. The van der Waals surface area contributed by atoms with Gasteiger partial charge in [0, 0.05) is 36.4 Å². The average Bonchev–Trinajstić information content (AvgIpc) is 3.25. The minimum absolute atomic E-state index is 0.177. The molecular formula is C21H23N7O4S. The number of fused-ring (bicyclic) bond motifs is 1. The van der Waals surface area contributed by atoms with Crippen LogP contribution in [0.15, 0.2) is 24.5 Å². The van der Waals surface area contributed by atoms with Crippen LogP contribution in [0.1, 0.15) is 11.8 Å². The molecule has 3 aromatic rings. The van der Waals surface area contributed by atoms with E-state index in [-0.39, 0.29) is 25.0 Å². The summed E-state index contributed by atoms with van der Waals surface area (Å²) in [4.78, 5) is 44.0. The van der Waals surface area contributed by atoms with Crippen molar-refractivity contribution in [2.75, 3.05) is 50.1 Å². The van der Waals surface area contributed by atoms with E-state index in [0.717, 1.165) is 20.9 Å². The molecule has 4 heterocycles. The Morgan fingerprint density at radius 1 is 1.27 bits per heavy atom. The van der Waals surface area contributed by atoms with E-state index >= 15 is 0 Å². The monoisotopic (exact) mass is 469 g/mol. The number of nitrogens with zero attached hydrogens (tertiary/aromatic N) is 5. The van der Waals surface area contributed by atoms with Crippen LogP contribution in [0, 0.1) is 0 Å². The van der Waals surface area contributed by atoms with Crippen LogP contribution >= 0.6 is 11.3 Å². The lowest BCUT2D eigenvalue weighted by Crippen LogP contribution is -2.36. The van der Waals surface area contributed by atoms with E-state index in [1.807, 2.05) is 6.07 Å². The third-order valence-electron chi connectivity index (χ3n) is 4.72. The molecule has 0 radical (unpaired) electrons. The summed E-state index contributed by atoms with van der Waals surface area (Å²) in [6.45, 7) is 4.45. The topological polar surface area (TPSA) is 145 Å². The molecule has 0 unspecified atom stereocenters. The fraction of sp³-hybridized carbons (Fsp3) is 0.333. The van der Waals surface area contributed by atoms with Gasteiger partial charge in [-0.05, 0) is 19.1 Å². The number of carbonyl (C=O) groups excluding carboxylic acids is 2. The highest BCUT2D eigenvalue weighted by atomic mass is 32.1. The van der Waals surface area contributed by atoms with Crippen LogP contribution in [0.4, 0.5) is 11.8 Å². The Bertz CT molecular complexity index is 1170. The van der Waals surface area contributed by atoms with E-state index in [9.17, 15) is 9.59 Å². The Morgan fingerprint density at radius 3 is 2.76 bits per heavy atom. The van der Waals surface area contributed by atoms with Gasteiger partial charge in [-0.25, -0.2) is 19.9 Å². The van der Waals surface area contributed by atoms with Crippen LogP contribution in [0.25, 0.3) is 27.7 Å². The van der Waals surface area contributed by atoms with Crippen LogP contribution in [-0.2, 0) is 19.1 Å². The molecule has 4 rings (SSSR count). The van der Waals surface area contributed by atoms with Crippen LogP contribution in [0.2, 0.25) is 0 Å². The molecule has 0 spiro atoms. The lowest BCUT2D eigenvalue weighted by molar-refractivity contribution is -0.143. The van der Waals surface area contributed by atoms with Gasteiger partial charge in [-0.15, -0.1) is 11.3 Å². The van der Waals surface area contributed by atoms with Gasteiger partial charge in [0.2, 0.25) is 11.9 Å². The summed E-state index contributed by atoms with van der Waals surface area (Å²) in [5, 5.41) is 2.50. The van der Waals surface area contributed by atoms with Crippen molar-refractivity contribution in [2.45, 2.75) is 6.92 Å². The Hall–Kier alpha value is -3.64. The van der Waals surface area contributed by atoms with Crippen molar-refractivity contribution in [3.63, 3.8) is 0 Å². The first kappa shape index (κ1) is 22.6. The minimum Gasteiger partial charge on any atom is -0.465 e. The number of ether oxygens (including phenoxy) is 2. The molecule has 0 atom stereocenters. The van der Waals surface area contributed by atoms with E-state index in [4.69, 9.17) is 20.2 Å². The zero-order valence-electron chi connectivity index (χ0n) is 18.0. The van der Waals surface area contributed by atoms with Crippen molar-refractivity contribution in [1.82, 2.24) is 25.3 Å². The van der Waals surface area contributed by atoms with Crippen molar-refractivity contribution in [3.8, 4) is 11.4 Å². The molecule has 33 heavy (non-hydrogen) atoms. The highest BCUT2D eigenvalue weighted by Crippen LogP contribution is 2.34. The van der Waals surface area contributed by atoms with Crippen molar-refractivity contribution in [1.29, 1.82) is 0 Å². The summed E-state index contributed by atoms with van der Waals surface area (Å²) in [6.07, 6.45) is 6.24. The highest BCUT2D eigenvalue weighted by molar-refractivity contribution is 7.20. The number of hydrogen-bond acceptors (Lipinski definition) is 11. The van der Waals surface area contributed by atoms with Crippen LogP contribution in [0.3, 0.4) is 0 Å². The molecule has 0 aromatic carbocycles. The summed E-state index contributed by atoms with van der Waals surface area (Å²) < 4.78 is 11.2.